The van der Waals surface area contributed by atoms with Gasteiger partial charge in [0.25, 0.3) is 0 Å². The molecule has 2 aromatic heterocycles. The molecule has 12 heteroatoms. The maximum Gasteiger partial charge on any atom is 0.407 e. The van der Waals surface area contributed by atoms with Crippen LogP contribution in [0.1, 0.15) is 124 Å². The SMILES string of the molecule is CCCC(=O)N1C2CCCC2C[C@H]1c1ncc(-c2ccc3c(c2)Cc2ccc(-c4cnc([C@@H]5C[C@@H]6CCC[C@@H]6N5C(=O)[C@@H](NC(=O)OC)[C@@H](C)OC)[nH]4)cc2C3)[nH]1. The number of benzene rings is 2. The zero-order valence-electron chi connectivity index (χ0n) is 33.6. The quantitative estimate of drug-likeness (QED) is 0.134. The Morgan fingerprint density at radius 2 is 1.33 bits per heavy atom. The molecule has 57 heavy (non-hydrogen) atoms. The molecule has 0 bridgehead atoms. The Morgan fingerprint density at radius 1 is 0.789 bits per heavy atom. The summed E-state index contributed by atoms with van der Waals surface area (Å²) in [5.41, 5.74) is 9.36. The second-order valence-corrected chi connectivity index (χ2v) is 17.1. The fourth-order valence-electron chi connectivity index (χ4n) is 10.9. The average Bonchev–Trinajstić information content (AvgIpc) is 4.07. The number of likely N-dealkylation sites (tertiary alicyclic amines) is 2. The zero-order valence-corrected chi connectivity index (χ0v) is 33.6. The lowest BCUT2D eigenvalue weighted by Crippen LogP contribution is -2.55. The van der Waals surface area contributed by atoms with Crippen LogP contribution < -0.4 is 5.32 Å². The molecular weight excluding hydrogens is 719 g/mol. The number of alkyl carbamates (subject to hydrolysis) is 1. The van der Waals surface area contributed by atoms with Gasteiger partial charge in [-0.25, -0.2) is 14.8 Å². The predicted octanol–water partition coefficient (Wildman–Crippen LogP) is 7.41. The monoisotopic (exact) mass is 773 g/mol. The van der Waals surface area contributed by atoms with E-state index in [1.54, 1.807) is 14.0 Å². The summed E-state index contributed by atoms with van der Waals surface area (Å²) in [5, 5.41) is 2.73. The molecule has 3 aliphatic carbocycles. The number of hydrogen-bond donors (Lipinski definition) is 3. The molecule has 4 heterocycles. The molecule has 2 aliphatic heterocycles. The van der Waals surface area contributed by atoms with Gasteiger partial charge in [-0.05, 0) is 122 Å². The number of fused-ring (bicyclic) bond motifs is 4. The second-order valence-electron chi connectivity index (χ2n) is 17.1. The first-order valence-corrected chi connectivity index (χ1v) is 21.1. The van der Waals surface area contributed by atoms with Crippen molar-refractivity contribution < 1.29 is 23.9 Å². The molecule has 2 saturated carbocycles. The van der Waals surface area contributed by atoms with Gasteiger partial charge in [0, 0.05) is 25.6 Å². The third-order valence-corrected chi connectivity index (χ3v) is 13.9. The van der Waals surface area contributed by atoms with Gasteiger partial charge in [0.05, 0.1) is 49.1 Å². The molecule has 2 aromatic carbocycles. The second kappa shape index (κ2) is 15.4. The summed E-state index contributed by atoms with van der Waals surface area (Å²) in [7, 11) is 2.84. The third-order valence-electron chi connectivity index (χ3n) is 13.9. The van der Waals surface area contributed by atoms with Gasteiger partial charge in [-0.2, -0.15) is 0 Å². The summed E-state index contributed by atoms with van der Waals surface area (Å²) in [6.07, 6.45) is 14.2. The van der Waals surface area contributed by atoms with Gasteiger partial charge in [0.1, 0.15) is 17.7 Å². The highest BCUT2D eigenvalue weighted by Crippen LogP contribution is 2.49. The lowest BCUT2D eigenvalue weighted by Gasteiger charge is -2.34. The number of aromatic nitrogens is 4. The number of rotatable bonds is 10. The van der Waals surface area contributed by atoms with E-state index in [1.165, 1.54) is 42.2 Å². The highest BCUT2D eigenvalue weighted by atomic mass is 16.5. The van der Waals surface area contributed by atoms with Gasteiger partial charge in [0.15, 0.2) is 0 Å². The molecule has 2 unspecified atom stereocenters. The van der Waals surface area contributed by atoms with Gasteiger partial charge >= 0.3 is 6.09 Å². The zero-order chi connectivity index (χ0) is 39.4. The van der Waals surface area contributed by atoms with Crippen molar-refractivity contribution in [3.05, 3.63) is 82.7 Å². The molecule has 12 nitrogen and oxygen atoms in total. The Balaban J connectivity index is 0.916. The van der Waals surface area contributed by atoms with E-state index in [2.05, 4.69) is 63.5 Å². The Morgan fingerprint density at radius 3 is 1.86 bits per heavy atom. The first-order valence-electron chi connectivity index (χ1n) is 21.1. The van der Waals surface area contributed by atoms with E-state index in [0.717, 1.165) is 92.0 Å². The fourth-order valence-corrected chi connectivity index (χ4v) is 10.9. The van der Waals surface area contributed by atoms with Crippen LogP contribution in [-0.4, -0.2) is 86.1 Å². The van der Waals surface area contributed by atoms with Crippen molar-refractivity contribution in [3.63, 3.8) is 0 Å². The topological polar surface area (TPSA) is 146 Å². The summed E-state index contributed by atoms with van der Waals surface area (Å²) in [6, 6.07) is 12.8. The van der Waals surface area contributed by atoms with Crippen LogP contribution in [-0.2, 0) is 31.9 Å². The maximum atomic E-state index is 14.2. The van der Waals surface area contributed by atoms with E-state index < -0.39 is 18.2 Å². The highest BCUT2D eigenvalue weighted by Gasteiger charge is 2.50. The van der Waals surface area contributed by atoms with Crippen molar-refractivity contribution in [2.75, 3.05) is 14.2 Å². The summed E-state index contributed by atoms with van der Waals surface area (Å²) in [6.45, 7) is 3.87. The molecular formula is C45H55N7O5. The Kier molecular flexibility index (Phi) is 10.2. The first kappa shape index (κ1) is 37.6. The number of amides is 3. The molecule has 2 saturated heterocycles. The van der Waals surface area contributed by atoms with Crippen LogP contribution >= 0.6 is 0 Å². The molecule has 4 fully saturated rings. The van der Waals surface area contributed by atoms with Crippen molar-refractivity contribution >= 4 is 17.9 Å². The summed E-state index contributed by atoms with van der Waals surface area (Å²) >= 11 is 0. The van der Waals surface area contributed by atoms with Crippen molar-refractivity contribution in [2.24, 2.45) is 11.8 Å². The van der Waals surface area contributed by atoms with Gasteiger partial charge in [-0.15, -0.1) is 0 Å². The Labute approximate surface area is 334 Å². The largest absolute Gasteiger partial charge is 0.453 e. The van der Waals surface area contributed by atoms with Crippen LogP contribution in [0.5, 0.6) is 0 Å². The van der Waals surface area contributed by atoms with E-state index in [4.69, 9.17) is 19.4 Å². The summed E-state index contributed by atoms with van der Waals surface area (Å²) in [4.78, 5) is 60.9. The molecule has 4 aromatic rings. The van der Waals surface area contributed by atoms with Gasteiger partial charge in [-0.1, -0.05) is 44.0 Å². The van der Waals surface area contributed by atoms with Crippen molar-refractivity contribution in [1.29, 1.82) is 0 Å². The van der Waals surface area contributed by atoms with Crippen molar-refractivity contribution in [1.82, 2.24) is 35.1 Å². The number of aromatic amines is 2. The summed E-state index contributed by atoms with van der Waals surface area (Å²) in [5.74, 6) is 2.75. The maximum absolute atomic E-state index is 14.2. The number of carbonyl (C=O) groups excluding carboxylic acids is 3. The first-order chi connectivity index (χ1) is 27.7. The van der Waals surface area contributed by atoms with Gasteiger partial charge < -0.3 is 34.6 Å². The molecule has 3 amide bonds. The van der Waals surface area contributed by atoms with Crippen molar-refractivity contribution in [3.8, 4) is 22.5 Å². The third kappa shape index (κ3) is 6.83. The smallest absolute Gasteiger partial charge is 0.407 e. The van der Waals surface area contributed by atoms with E-state index in [0.29, 0.717) is 24.3 Å². The minimum atomic E-state index is -0.875. The molecule has 300 valence electrons. The number of H-pyrrole nitrogens is 2. The lowest BCUT2D eigenvalue weighted by atomic mass is 9.84. The summed E-state index contributed by atoms with van der Waals surface area (Å²) < 4.78 is 10.4. The van der Waals surface area contributed by atoms with Crippen LogP contribution in [0.4, 0.5) is 4.79 Å². The minimum Gasteiger partial charge on any atom is -0.453 e. The van der Waals surface area contributed by atoms with Crippen molar-refractivity contribution in [2.45, 2.75) is 127 Å². The number of imidazole rings is 2. The number of nitrogens with zero attached hydrogens (tertiary/aromatic N) is 4. The average molecular weight is 774 g/mol. The molecule has 0 spiro atoms. The molecule has 9 rings (SSSR count). The van der Waals surface area contributed by atoms with Crippen LogP contribution in [0.15, 0.2) is 48.8 Å². The molecule has 8 atom stereocenters. The van der Waals surface area contributed by atoms with Crippen LogP contribution in [0.25, 0.3) is 22.5 Å². The number of methoxy groups -OCH3 is 2. The van der Waals surface area contributed by atoms with Gasteiger partial charge in [-0.3, -0.25) is 9.59 Å². The molecule has 3 N–H and O–H groups in total. The molecule has 5 aliphatic rings. The van der Waals surface area contributed by atoms with Gasteiger partial charge in [0.2, 0.25) is 11.8 Å². The Bertz CT molecular complexity index is 2160. The van der Waals surface area contributed by atoms with Crippen LogP contribution in [0.2, 0.25) is 0 Å². The number of hydrogen-bond acceptors (Lipinski definition) is 7. The van der Waals surface area contributed by atoms with Crippen LogP contribution in [0.3, 0.4) is 0 Å². The fraction of sp³-hybridized carbons (Fsp3) is 0.533. The highest BCUT2D eigenvalue weighted by molar-refractivity contribution is 5.87. The number of ether oxygens (including phenoxy) is 2. The standard InChI is InChI=1S/C45H55N7O5/c1-5-8-40(53)51-36-11-6-9-30(36)21-38(51)42-46-23-34(48-42)28-15-13-26-18-33-20-29(16-14-27(33)17-32(26)19-28)35-24-47-43(49-35)39-22-31-10-7-12-37(31)52(39)44(54)41(25(2)56-3)50-45(55)57-4/h13-16,19-20,23-25,30-31,36-39,41H,5-12,17-18,21-22H2,1-4H3,(H,46,48)(H,47,49)(H,50,55)/t25-,30?,31+,36?,37+,38+,39+,41+/m1/s1. The van der Waals surface area contributed by atoms with E-state index in [9.17, 15) is 14.4 Å². The predicted molar refractivity (Wildman–Crippen MR) is 215 cm³/mol. The van der Waals surface area contributed by atoms with E-state index >= 15 is 0 Å². The minimum absolute atomic E-state index is 0.0319. The van der Waals surface area contributed by atoms with Crippen LogP contribution in [0, 0.1) is 11.8 Å². The van der Waals surface area contributed by atoms with E-state index in [1.807, 2.05) is 17.3 Å². The lowest BCUT2D eigenvalue weighted by molar-refractivity contribution is -0.140. The molecule has 0 radical (unpaired) electrons. The number of nitrogens with one attached hydrogen (secondary N) is 3. The number of carbonyl (C=O) groups is 3. The normalized spacial score (nSPS) is 25.8. The Hall–Kier alpha value is -4.97. The van der Waals surface area contributed by atoms with E-state index in [-0.39, 0.29) is 29.9 Å².